The van der Waals surface area contributed by atoms with Crippen molar-refractivity contribution in [2.75, 3.05) is 38.2 Å². The van der Waals surface area contributed by atoms with Gasteiger partial charge in [0.15, 0.2) is 5.58 Å². The maximum absolute atomic E-state index is 12.1. The molecular weight excluding hydrogens is 310 g/mol. The molecule has 2 heterocycles. The van der Waals surface area contributed by atoms with E-state index in [9.17, 15) is 4.79 Å². The van der Waals surface area contributed by atoms with Gasteiger partial charge in [-0.3, -0.25) is 0 Å². The minimum atomic E-state index is -0.479. The van der Waals surface area contributed by atoms with Gasteiger partial charge < -0.3 is 23.7 Å². The van der Waals surface area contributed by atoms with Crippen LogP contribution in [0.2, 0.25) is 0 Å². The van der Waals surface area contributed by atoms with Gasteiger partial charge in [0.25, 0.3) is 6.01 Å². The molecule has 1 saturated heterocycles. The molecule has 0 aliphatic carbocycles. The van der Waals surface area contributed by atoms with Gasteiger partial charge in [-0.2, -0.15) is 4.98 Å². The highest BCUT2D eigenvalue weighted by molar-refractivity contribution is 5.76. The second kappa shape index (κ2) is 6.22. The van der Waals surface area contributed by atoms with Crippen LogP contribution in [0.25, 0.3) is 11.1 Å². The molecule has 0 unspecified atom stereocenters. The lowest BCUT2D eigenvalue weighted by Gasteiger charge is -2.34. The lowest BCUT2D eigenvalue weighted by molar-refractivity contribution is 0.0239. The van der Waals surface area contributed by atoms with Crippen molar-refractivity contribution in [2.24, 2.45) is 0 Å². The average molecular weight is 333 g/mol. The van der Waals surface area contributed by atoms with Crippen LogP contribution in [0.1, 0.15) is 20.8 Å². The Morgan fingerprint density at radius 3 is 2.54 bits per heavy atom. The van der Waals surface area contributed by atoms with E-state index in [1.807, 2.05) is 43.9 Å². The summed E-state index contributed by atoms with van der Waals surface area (Å²) >= 11 is 0. The molecule has 0 saturated carbocycles. The lowest BCUT2D eigenvalue weighted by Crippen LogP contribution is -2.50. The summed E-state index contributed by atoms with van der Waals surface area (Å²) in [6.45, 7) is 8.08. The number of piperazine rings is 1. The smallest absolute Gasteiger partial charge is 0.410 e. The van der Waals surface area contributed by atoms with Crippen LogP contribution >= 0.6 is 0 Å². The Kier molecular flexibility index (Phi) is 4.26. The van der Waals surface area contributed by atoms with E-state index in [2.05, 4.69) is 4.98 Å². The van der Waals surface area contributed by atoms with Crippen molar-refractivity contribution in [3.63, 3.8) is 0 Å². The van der Waals surface area contributed by atoms with Crippen LogP contribution in [0, 0.1) is 0 Å². The fourth-order valence-corrected chi connectivity index (χ4v) is 2.56. The first kappa shape index (κ1) is 16.4. The molecule has 130 valence electrons. The van der Waals surface area contributed by atoms with Crippen molar-refractivity contribution in [2.45, 2.75) is 26.4 Å². The molecule has 7 nitrogen and oxygen atoms in total. The molecule has 1 aliphatic rings. The van der Waals surface area contributed by atoms with Crippen LogP contribution in [-0.4, -0.2) is 54.9 Å². The van der Waals surface area contributed by atoms with Gasteiger partial charge in [0.1, 0.15) is 16.9 Å². The van der Waals surface area contributed by atoms with E-state index >= 15 is 0 Å². The molecule has 1 aromatic heterocycles. The van der Waals surface area contributed by atoms with Crippen molar-refractivity contribution in [1.82, 2.24) is 9.88 Å². The Labute approximate surface area is 141 Å². The summed E-state index contributed by atoms with van der Waals surface area (Å²) in [5.74, 6) is 0.747. The van der Waals surface area contributed by atoms with Crippen molar-refractivity contribution in [3.05, 3.63) is 18.2 Å². The summed E-state index contributed by atoms with van der Waals surface area (Å²) in [4.78, 5) is 20.4. The Morgan fingerprint density at radius 1 is 1.21 bits per heavy atom. The maximum atomic E-state index is 12.1. The van der Waals surface area contributed by atoms with E-state index in [1.165, 1.54) is 0 Å². The quantitative estimate of drug-likeness (QED) is 0.842. The number of fused-ring (bicyclic) bond motifs is 1. The molecule has 1 aliphatic heterocycles. The zero-order valence-electron chi connectivity index (χ0n) is 14.5. The van der Waals surface area contributed by atoms with Gasteiger partial charge >= 0.3 is 6.09 Å². The number of amides is 1. The molecule has 0 bridgehead atoms. The Balaban J connectivity index is 1.65. The molecule has 2 aromatic rings. The maximum Gasteiger partial charge on any atom is 0.410 e. The fraction of sp³-hybridized carbons (Fsp3) is 0.529. The first-order valence-electron chi connectivity index (χ1n) is 8.03. The van der Waals surface area contributed by atoms with Gasteiger partial charge in [-0.15, -0.1) is 0 Å². The largest absolute Gasteiger partial charge is 0.497 e. The number of benzene rings is 1. The Morgan fingerprint density at radius 2 is 1.92 bits per heavy atom. The second-order valence-corrected chi connectivity index (χ2v) is 6.78. The van der Waals surface area contributed by atoms with Gasteiger partial charge in [0, 0.05) is 32.2 Å². The van der Waals surface area contributed by atoms with Crippen LogP contribution in [0.3, 0.4) is 0 Å². The average Bonchev–Trinajstić information content (AvgIpc) is 2.96. The molecule has 1 amide bonds. The molecule has 0 radical (unpaired) electrons. The van der Waals surface area contributed by atoms with Gasteiger partial charge in [-0.1, -0.05) is 0 Å². The van der Waals surface area contributed by atoms with Crippen LogP contribution in [0.15, 0.2) is 22.6 Å². The zero-order valence-corrected chi connectivity index (χ0v) is 14.5. The molecule has 3 rings (SSSR count). The van der Waals surface area contributed by atoms with Gasteiger partial charge in [-0.25, -0.2) is 4.79 Å². The predicted molar refractivity (Wildman–Crippen MR) is 90.6 cm³/mol. The van der Waals surface area contributed by atoms with E-state index < -0.39 is 5.60 Å². The normalized spacial score (nSPS) is 15.7. The summed E-state index contributed by atoms with van der Waals surface area (Å²) in [5.41, 5.74) is 1.01. The number of ether oxygens (including phenoxy) is 2. The van der Waals surface area contributed by atoms with Crippen LogP contribution < -0.4 is 9.64 Å². The number of nitrogens with zero attached hydrogens (tertiary/aromatic N) is 3. The number of hydrogen-bond donors (Lipinski definition) is 0. The third-order valence-corrected chi connectivity index (χ3v) is 3.79. The first-order valence-corrected chi connectivity index (χ1v) is 8.03. The summed E-state index contributed by atoms with van der Waals surface area (Å²) < 4.78 is 16.4. The van der Waals surface area contributed by atoms with Crippen molar-refractivity contribution in [1.29, 1.82) is 0 Å². The first-order chi connectivity index (χ1) is 11.4. The topological polar surface area (TPSA) is 68.0 Å². The fourth-order valence-electron chi connectivity index (χ4n) is 2.56. The van der Waals surface area contributed by atoms with Crippen LogP contribution in [0.4, 0.5) is 10.8 Å². The van der Waals surface area contributed by atoms with Crippen LogP contribution in [0.5, 0.6) is 5.75 Å². The zero-order chi connectivity index (χ0) is 17.3. The molecule has 24 heavy (non-hydrogen) atoms. The highest BCUT2D eigenvalue weighted by Crippen LogP contribution is 2.26. The number of carbonyl (C=O) groups is 1. The molecule has 1 fully saturated rings. The number of carbonyl (C=O) groups excluding carboxylic acids is 1. The standard InChI is InChI=1S/C17H23N3O4/c1-17(2,3)24-16(21)20-9-7-19(8-10-20)15-18-13-11-12(22-4)5-6-14(13)23-15/h5-6,11H,7-10H2,1-4H3. The minimum absolute atomic E-state index is 0.274. The number of rotatable bonds is 2. The van der Waals surface area contributed by atoms with Crippen LogP contribution in [-0.2, 0) is 4.74 Å². The molecule has 7 heteroatoms. The van der Waals surface area contributed by atoms with Gasteiger partial charge in [0.2, 0.25) is 0 Å². The van der Waals surface area contributed by atoms with Crippen molar-refractivity contribution in [3.8, 4) is 5.75 Å². The predicted octanol–water partition coefficient (Wildman–Crippen LogP) is 2.89. The molecule has 0 N–H and O–H groups in total. The number of methoxy groups -OCH3 is 1. The number of hydrogen-bond acceptors (Lipinski definition) is 6. The van der Waals surface area contributed by atoms with E-state index in [4.69, 9.17) is 13.9 Å². The van der Waals surface area contributed by atoms with E-state index in [0.717, 1.165) is 16.8 Å². The van der Waals surface area contributed by atoms with Gasteiger partial charge in [-0.05, 0) is 32.9 Å². The van der Waals surface area contributed by atoms with Crippen molar-refractivity contribution >= 4 is 23.2 Å². The summed E-state index contributed by atoms with van der Waals surface area (Å²) in [6.07, 6.45) is -0.274. The monoisotopic (exact) mass is 333 g/mol. The minimum Gasteiger partial charge on any atom is -0.497 e. The second-order valence-electron chi connectivity index (χ2n) is 6.78. The number of oxazole rings is 1. The van der Waals surface area contributed by atoms with E-state index in [0.29, 0.717) is 32.2 Å². The lowest BCUT2D eigenvalue weighted by atomic mass is 10.2. The van der Waals surface area contributed by atoms with Gasteiger partial charge in [0.05, 0.1) is 7.11 Å². The summed E-state index contributed by atoms with van der Waals surface area (Å²) in [5, 5.41) is 0. The molecular formula is C17H23N3O4. The number of aromatic nitrogens is 1. The third kappa shape index (κ3) is 3.55. The highest BCUT2D eigenvalue weighted by Gasteiger charge is 2.27. The third-order valence-electron chi connectivity index (χ3n) is 3.79. The van der Waals surface area contributed by atoms with Crippen molar-refractivity contribution < 1.29 is 18.7 Å². The molecule has 0 spiro atoms. The SMILES string of the molecule is COc1ccc2oc(N3CCN(C(=O)OC(C)(C)C)CC3)nc2c1. The number of anilines is 1. The Hall–Kier alpha value is -2.44. The molecule has 0 atom stereocenters. The van der Waals surface area contributed by atoms with E-state index in [1.54, 1.807) is 12.0 Å². The Bertz CT molecular complexity index is 727. The summed E-state index contributed by atoms with van der Waals surface area (Å²) in [7, 11) is 1.62. The molecule has 1 aromatic carbocycles. The summed E-state index contributed by atoms with van der Waals surface area (Å²) in [6, 6.07) is 6.11. The highest BCUT2D eigenvalue weighted by atomic mass is 16.6. The van der Waals surface area contributed by atoms with E-state index in [-0.39, 0.29) is 6.09 Å².